The van der Waals surface area contributed by atoms with Gasteiger partial charge in [-0.3, -0.25) is 9.36 Å². The first kappa shape index (κ1) is 14.0. The van der Waals surface area contributed by atoms with Gasteiger partial charge in [-0.15, -0.1) is 10.2 Å². The smallest absolute Gasteiger partial charge is 0.243 e. The first-order valence-electron chi connectivity index (χ1n) is 7.33. The molecular weight excluding hydrogens is 323 g/mol. The van der Waals surface area contributed by atoms with Crippen LogP contribution in [0.3, 0.4) is 0 Å². The van der Waals surface area contributed by atoms with Gasteiger partial charge in [0, 0.05) is 23.0 Å². The highest BCUT2D eigenvalue weighted by molar-refractivity contribution is 6.36. The maximum Gasteiger partial charge on any atom is 0.243 e. The molecule has 22 heavy (non-hydrogen) atoms. The van der Waals surface area contributed by atoms with E-state index in [2.05, 4.69) is 15.5 Å². The van der Waals surface area contributed by atoms with E-state index in [1.165, 1.54) is 0 Å². The van der Waals surface area contributed by atoms with Crippen LogP contribution in [-0.2, 0) is 11.2 Å². The molecule has 114 valence electrons. The summed E-state index contributed by atoms with van der Waals surface area (Å²) in [6, 6.07) is 5.34. The zero-order valence-corrected chi connectivity index (χ0v) is 13.2. The van der Waals surface area contributed by atoms with Crippen LogP contribution in [0.2, 0.25) is 10.0 Å². The Hall–Kier alpha value is -1.59. The number of benzene rings is 1. The number of aryl methyl sites for hydroxylation is 1. The molecule has 0 spiro atoms. The predicted molar refractivity (Wildman–Crippen MR) is 84.0 cm³/mol. The van der Waals surface area contributed by atoms with Crippen molar-refractivity contribution >= 4 is 29.1 Å². The molecule has 1 fully saturated rings. The van der Waals surface area contributed by atoms with Crippen LogP contribution in [0.15, 0.2) is 18.2 Å². The number of nitrogens with zero attached hydrogens (tertiary/aromatic N) is 3. The molecule has 2 aromatic rings. The normalized spacial score (nSPS) is 20.0. The van der Waals surface area contributed by atoms with Gasteiger partial charge >= 0.3 is 0 Å². The van der Waals surface area contributed by atoms with E-state index < -0.39 is 0 Å². The summed E-state index contributed by atoms with van der Waals surface area (Å²) in [4.78, 5) is 12.4. The van der Waals surface area contributed by atoms with Gasteiger partial charge in [0.2, 0.25) is 5.91 Å². The Kier molecular flexibility index (Phi) is 3.35. The van der Waals surface area contributed by atoms with E-state index in [-0.39, 0.29) is 11.9 Å². The van der Waals surface area contributed by atoms with Gasteiger partial charge in [-0.2, -0.15) is 0 Å². The summed E-state index contributed by atoms with van der Waals surface area (Å²) in [5, 5.41) is 12.6. The van der Waals surface area contributed by atoms with Gasteiger partial charge in [-0.1, -0.05) is 23.2 Å². The van der Waals surface area contributed by atoms with Crippen LogP contribution >= 0.6 is 23.2 Å². The highest BCUT2D eigenvalue weighted by Crippen LogP contribution is 2.35. The van der Waals surface area contributed by atoms with E-state index in [4.69, 9.17) is 23.2 Å². The number of halogens is 2. The van der Waals surface area contributed by atoms with Gasteiger partial charge in [0.25, 0.3) is 0 Å². The molecule has 5 nitrogen and oxygen atoms in total. The summed E-state index contributed by atoms with van der Waals surface area (Å²) in [6.07, 6.45) is 3.65. The van der Waals surface area contributed by atoms with E-state index >= 15 is 0 Å². The van der Waals surface area contributed by atoms with E-state index in [1.54, 1.807) is 12.1 Å². The van der Waals surface area contributed by atoms with Crippen molar-refractivity contribution in [2.24, 2.45) is 0 Å². The van der Waals surface area contributed by atoms with Crippen molar-refractivity contribution in [1.82, 2.24) is 20.1 Å². The number of amides is 1. The summed E-state index contributed by atoms with van der Waals surface area (Å²) in [6.45, 7) is 0. The highest BCUT2D eigenvalue weighted by atomic mass is 35.5. The zero-order chi connectivity index (χ0) is 15.3. The fourth-order valence-electron chi connectivity index (χ4n) is 2.84. The Morgan fingerprint density at radius 1 is 1.23 bits per heavy atom. The lowest BCUT2D eigenvalue weighted by Crippen LogP contribution is -2.32. The molecule has 1 atom stereocenters. The minimum Gasteiger partial charge on any atom is -0.352 e. The lowest BCUT2D eigenvalue weighted by atomic mass is 10.1. The first-order chi connectivity index (χ1) is 10.6. The highest BCUT2D eigenvalue weighted by Gasteiger charge is 2.35. The van der Waals surface area contributed by atoms with Gasteiger partial charge in [0.05, 0.1) is 5.02 Å². The van der Waals surface area contributed by atoms with Crippen molar-refractivity contribution < 1.29 is 4.79 Å². The summed E-state index contributed by atoms with van der Waals surface area (Å²) in [7, 11) is 0. The third kappa shape index (κ3) is 2.38. The third-order valence-corrected chi connectivity index (χ3v) is 4.67. The van der Waals surface area contributed by atoms with Crippen molar-refractivity contribution in [3.63, 3.8) is 0 Å². The van der Waals surface area contributed by atoms with Crippen molar-refractivity contribution in [3.8, 4) is 11.4 Å². The molecule has 1 amide bonds. The lowest BCUT2D eigenvalue weighted by Gasteiger charge is -2.15. The second kappa shape index (κ2) is 5.25. The first-order valence-corrected chi connectivity index (χ1v) is 8.08. The van der Waals surface area contributed by atoms with Gasteiger partial charge in [-0.25, -0.2) is 0 Å². The van der Waals surface area contributed by atoms with E-state index in [0.29, 0.717) is 21.9 Å². The SMILES string of the molecule is O=C(NC1CC1)C1CCc2nnc(-c3ccc(Cl)cc3Cl)n21. The topological polar surface area (TPSA) is 59.8 Å². The van der Waals surface area contributed by atoms with Gasteiger partial charge in [0.15, 0.2) is 5.82 Å². The molecule has 1 aromatic heterocycles. The molecule has 7 heteroatoms. The fraction of sp³-hybridized carbons (Fsp3) is 0.400. The maximum atomic E-state index is 12.4. The number of hydrogen-bond donors (Lipinski definition) is 1. The molecule has 2 heterocycles. The Balaban J connectivity index is 1.72. The van der Waals surface area contributed by atoms with Crippen LogP contribution in [0.1, 0.15) is 31.1 Å². The number of aromatic nitrogens is 3. The third-order valence-electron chi connectivity index (χ3n) is 4.12. The second-order valence-electron chi connectivity index (χ2n) is 5.77. The fourth-order valence-corrected chi connectivity index (χ4v) is 3.34. The van der Waals surface area contributed by atoms with Crippen molar-refractivity contribution in [2.45, 2.75) is 37.8 Å². The molecule has 0 saturated heterocycles. The number of hydrogen-bond acceptors (Lipinski definition) is 3. The molecule has 0 bridgehead atoms. The molecule has 1 saturated carbocycles. The van der Waals surface area contributed by atoms with E-state index in [9.17, 15) is 4.79 Å². The molecular formula is C15H14Cl2N4O. The number of carbonyl (C=O) groups excluding carboxylic acids is 1. The van der Waals surface area contributed by atoms with Gasteiger partial charge < -0.3 is 5.32 Å². The second-order valence-corrected chi connectivity index (χ2v) is 6.61. The Bertz CT molecular complexity index is 754. The molecule has 1 unspecified atom stereocenters. The van der Waals surface area contributed by atoms with Crippen molar-refractivity contribution in [2.75, 3.05) is 0 Å². The van der Waals surface area contributed by atoms with Crippen molar-refractivity contribution in [1.29, 1.82) is 0 Å². The monoisotopic (exact) mass is 336 g/mol. The minimum atomic E-state index is -0.257. The van der Waals surface area contributed by atoms with E-state index in [1.807, 2.05) is 10.6 Å². The molecule has 1 aliphatic carbocycles. The zero-order valence-electron chi connectivity index (χ0n) is 11.7. The summed E-state index contributed by atoms with van der Waals surface area (Å²) in [5.41, 5.74) is 0.746. The molecule has 1 N–H and O–H groups in total. The van der Waals surface area contributed by atoms with Crippen LogP contribution in [-0.4, -0.2) is 26.7 Å². The number of rotatable bonds is 3. The number of fused-ring (bicyclic) bond motifs is 1. The molecule has 0 radical (unpaired) electrons. The van der Waals surface area contributed by atoms with Gasteiger partial charge in [0.1, 0.15) is 11.9 Å². The molecule has 2 aliphatic rings. The van der Waals surface area contributed by atoms with Crippen LogP contribution < -0.4 is 5.32 Å². The van der Waals surface area contributed by atoms with E-state index in [0.717, 1.165) is 37.1 Å². The molecule has 4 rings (SSSR count). The Morgan fingerprint density at radius 2 is 2.05 bits per heavy atom. The summed E-state index contributed by atoms with van der Waals surface area (Å²) in [5.74, 6) is 1.51. The van der Waals surface area contributed by atoms with Crippen LogP contribution in [0.5, 0.6) is 0 Å². The average molecular weight is 337 g/mol. The molecule has 1 aliphatic heterocycles. The predicted octanol–water partition coefficient (Wildman–Crippen LogP) is 3.02. The van der Waals surface area contributed by atoms with Crippen LogP contribution in [0.25, 0.3) is 11.4 Å². The van der Waals surface area contributed by atoms with Crippen LogP contribution in [0, 0.1) is 0 Å². The average Bonchev–Trinajstić information content (AvgIpc) is 3.04. The molecule has 1 aromatic carbocycles. The quantitative estimate of drug-likeness (QED) is 0.937. The maximum absolute atomic E-state index is 12.4. The van der Waals surface area contributed by atoms with Gasteiger partial charge in [-0.05, 0) is 37.5 Å². The Labute approximate surface area is 137 Å². The lowest BCUT2D eigenvalue weighted by molar-refractivity contribution is -0.124. The number of nitrogens with one attached hydrogen (secondary N) is 1. The standard InChI is InChI=1S/C15H14Cl2N4O/c16-8-1-4-10(11(17)7-8)14-20-19-13-6-5-12(21(13)14)15(22)18-9-2-3-9/h1,4,7,9,12H,2-3,5-6H2,(H,18,22). The largest absolute Gasteiger partial charge is 0.352 e. The van der Waals surface area contributed by atoms with Crippen LogP contribution in [0.4, 0.5) is 0 Å². The summed E-state index contributed by atoms with van der Waals surface area (Å²) < 4.78 is 1.91. The Morgan fingerprint density at radius 3 is 2.77 bits per heavy atom. The van der Waals surface area contributed by atoms with Crippen molar-refractivity contribution in [3.05, 3.63) is 34.1 Å². The minimum absolute atomic E-state index is 0.0485. The number of carbonyl (C=O) groups is 1. The summed E-state index contributed by atoms with van der Waals surface area (Å²) >= 11 is 12.2.